The van der Waals surface area contributed by atoms with Gasteiger partial charge in [0.15, 0.2) is 0 Å². The molecule has 1 heterocycles. The van der Waals surface area contributed by atoms with E-state index in [-0.39, 0.29) is 11.5 Å². The van der Waals surface area contributed by atoms with Gasteiger partial charge in [0, 0.05) is 31.1 Å². The number of aryl methyl sites for hydroxylation is 1. The topological polar surface area (TPSA) is 64.0 Å². The lowest BCUT2D eigenvalue weighted by atomic mass is 10.3. The molecule has 0 aliphatic rings. The number of imidazole rings is 1. The van der Waals surface area contributed by atoms with E-state index in [1.165, 1.54) is 0 Å². The fourth-order valence-corrected chi connectivity index (χ4v) is 2.40. The van der Waals surface area contributed by atoms with Crippen molar-refractivity contribution in [2.45, 2.75) is 46.3 Å². The zero-order chi connectivity index (χ0) is 13.6. The van der Waals surface area contributed by atoms with Crippen molar-refractivity contribution < 1.29 is 8.42 Å². The van der Waals surface area contributed by atoms with Crippen LogP contribution in [0, 0.1) is 0 Å². The molecule has 0 fully saturated rings. The van der Waals surface area contributed by atoms with Crippen molar-refractivity contribution in [1.82, 2.24) is 14.9 Å². The number of hydrogen-bond acceptors (Lipinski definition) is 4. The number of rotatable bonds is 8. The van der Waals surface area contributed by atoms with Crippen molar-refractivity contribution in [3.05, 3.63) is 18.2 Å². The third kappa shape index (κ3) is 5.64. The van der Waals surface area contributed by atoms with Crippen molar-refractivity contribution in [1.29, 1.82) is 0 Å². The van der Waals surface area contributed by atoms with Gasteiger partial charge >= 0.3 is 0 Å². The fourth-order valence-electron chi connectivity index (χ4n) is 1.54. The van der Waals surface area contributed by atoms with Crippen LogP contribution in [0.4, 0.5) is 0 Å². The van der Waals surface area contributed by atoms with E-state index >= 15 is 0 Å². The van der Waals surface area contributed by atoms with Crippen LogP contribution < -0.4 is 5.32 Å². The van der Waals surface area contributed by atoms with Gasteiger partial charge in [-0.1, -0.05) is 20.8 Å². The first-order chi connectivity index (χ1) is 8.43. The van der Waals surface area contributed by atoms with E-state index < -0.39 is 9.84 Å². The third-order valence-electron chi connectivity index (χ3n) is 2.69. The first-order valence-electron chi connectivity index (χ1n) is 6.37. The molecule has 1 aromatic rings. The van der Waals surface area contributed by atoms with Gasteiger partial charge in [-0.05, 0) is 6.42 Å². The highest BCUT2D eigenvalue weighted by Gasteiger charge is 2.07. The molecule has 0 atom stereocenters. The standard InChI is InChI=1S/C12H23N3O2S/c1-4-18(16,17)7-5-6-15-9-12(14-10-15)8-13-11(2)3/h9-11,13H,4-8H2,1-3H3. The summed E-state index contributed by atoms with van der Waals surface area (Å²) >= 11 is 0. The Morgan fingerprint density at radius 2 is 2.17 bits per heavy atom. The molecule has 18 heavy (non-hydrogen) atoms. The third-order valence-corrected chi connectivity index (χ3v) is 4.48. The highest BCUT2D eigenvalue weighted by atomic mass is 32.2. The van der Waals surface area contributed by atoms with Crippen LogP contribution in [0.15, 0.2) is 12.5 Å². The maximum atomic E-state index is 11.3. The molecule has 0 spiro atoms. The molecule has 5 nitrogen and oxygen atoms in total. The van der Waals surface area contributed by atoms with E-state index in [1.54, 1.807) is 13.3 Å². The Kier molecular flexibility index (Phi) is 5.81. The van der Waals surface area contributed by atoms with Crippen molar-refractivity contribution in [2.75, 3.05) is 11.5 Å². The summed E-state index contributed by atoms with van der Waals surface area (Å²) in [4.78, 5) is 4.27. The highest BCUT2D eigenvalue weighted by molar-refractivity contribution is 7.91. The predicted octanol–water partition coefficient (Wildman–Crippen LogP) is 1.21. The second-order valence-corrected chi connectivity index (χ2v) is 7.20. The Labute approximate surface area is 110 Å². The Morgan fingerprint density at radius 1 is 1.44 bits per heavy atom. The van der Waals surface area contributed by atoms with Gasteiger partial charge in [-0.2, -0.15) is 0 Å². The molecule has 0 radical (unpaired) electrons. The zero-order valence-corrected chi connectivity index (χ0v) is 12.2. The summed E-state index contributed by atoms with van der Waals surface area (Å²) in [6.07, 6.45) is 4.37. The molecule has 0 saturated heterocycles. The summed E-state index contributed by atoms with van der Waals surface area (Å²) in [6.45, 7) is 7.31. The van der Waals surface area contributed by atoms with Crippen molar-refractivity contribution in [2.24, 2.45) is 0 Å². The van der Waals surface area contributed by atoms with Crippen molar-refractivity contribution in [3.8, 4) is 0 Å². The van der Waals surface area contributed by atoms with E-state index in [0.29, 0.717) is 19.0 Å². The smallest absolute Gasteiger partial charge is 0.150 e. The Morgan fingerprint density at radius 3 is 2.78 bits per heavy atom. The molecule has 0 aromatic carbocycles. The van der Waals surface area contributed by atoms with Gasteiger partial charge in [0.1, 0.15) is 9.84 Å². The van der Waals surface area contributed by atoms with Crippen LogP contribution in [-0.4, -0.2) is 35.5 Å². The predicted molar refractivity (Wildman–Crippen MR) is 73.1 cm³/mol. The maximum absolute atomic E-state index is 11.3. The lowest BCUT2D eigenvalue weighted by Gasteiger charge is -2.05. The number of aromatic nitrogens is 2. The Bertz CT molecular complexity index is 452. The number of sulfone groups is 1. The summed E-state index contributed by atoms with van der Waals surface area (Å²) in [5.74, 6) is 0.474. The lowest BCUT2D eigenvalue weighted by Crippen LogP contribution is -2.21. The lowest BCUT2D eigenvalue weighted by molar-refractivity contribution is 0.580. The van der Waals surface area contributed by atoms with Crippen molar-refractivity contribution in [3.63, 3.8) is 0 Å². The summed E-state index contributed by atoms with van der Waals surface area (Å²) < 4.78 is 24.6. The molecule has 0 saturated carbocycles. The molecule has 1 rings (SSSR count). The molecule has 0 aliphatic heterocycles. The maximum Gasteiger partial charge on any atom is 0.150 e. The van der Waals surface area contributed by atoms with Crippen LogP contribution in [0.25, 0.3) is 0 Å². The van der Waals surface area contributed by atoms with Crippen LogP contribution >= 0.6 is 0 Å². The number of hydrogen-bond donors (Lipinski definition) is 1. The molecule has 0 amide bonds. The van der Waals surface area contributed by atoms with Gasteiger partial charge in [0.25, 0.3) is 0 Å². The summed E-state index contributed by atoms with van der Waals surface area (Å²) in [5, 5.41) is 3.29. The summed E-state index contributed by atoms with van der Waals surface area (Å²) in [6, 6.07) is 0.435. The van der Waals surface area contributed by atoms with Gasteiger partial charge < -0.3 is 9.88 Å². The largest absolute Gasteiger partial charge is 0.337 e. The van der Waals surface area contributed by atoms with Crippen LogP contribution in [0.3, 0.4) is 0 Å². The molecule has 1 N–H and O–H groups in total. The van der Waals surface area contributed by atoms with E-state index in [1.807, 2.05) is 10.8 Å². The molecule has 1 aromatic heterocycles. The van der Waals surface area contributed by atoms with E-state index in [2.05, 4.69) is 24.1 Å². The molecule has 6 heteroatoms. The minimum atomic E-state index is -2.85. The summed E-state index contributed by atoms with van der Waals surface area (Å²) in [7, 11) is -2.85. The van der Waals surface area contributed by atoms with E-state index in [4.69, 9.17) is 0 Å². The first-order valence-corrected chi connectivity index (χ1v) is 8.19. The first kappa shape index (κ1) is 15.2. The van der Waals surface area contributed by atoms with Crippen LogP contribution in [0.2, 0.25) is 0 Å². The average Bonchev–Trinajstić information content (AvgIpc) is 2.74. The Hall–Kier alpha value is -0.880. The van der Waals surface area contributed by atoms with Gasteiger partial charge in [0.05, 0.1) is 17.8 Å². The van der Waals surface area contributed by atoms with Gasteiger partial charge in [-0.3, -0.25) is 0 Å². The van der Waals surface area contributed by atoms with E-state index in [9.17, 15) is 8.42 Å². The van der Waals surface area contributed by atoms with E-state index in [0.717, 1.165) is 12.2 Å². The molecule has 0 aliphatic carbocycles. The fraction of sp³-hybridized carbons (Fsp3) is 0.750. The minimum Gasteiger partial charge on any atom is -0.337 e. The molecule has 0 bridgehead atoms. The van der Waals surface area contributed by atoms with Crippen LogP contribution in [-0.2, 0) is 22.9 Å². The second kappa shape index (κ2) is 6.89. The van der Waals surface area contributed by atoms with Crippen molar-refractivity contribution >= 4 is 9.84 Å². The van der Waals surface area contributed by atoms with Gasteiger partial charge in [-0.15, -0.1) is 0 Å². The number of nitrogens with one attached hydrogen (secondary N) is 1. The minimum absolute atomic E-state index is 0.223. The Balaban J connectivity index is 2.35. The second-order valence-electron chi connectivity index (χ2n) is 4.73. The SMILES string of the molecule is CCS(=O)(=O)CCCn1cnc(CNC(C)C)c1. The average molecular weight is 273 g/mol. The summed E-state index contributed by atoms with van der Waals surface area (Å²) in [5.41, 5.74) is 0.988. The molecule has 104 valence electrons. The van der Waals surface area contributed by atoms with Crippen LogP contribution in [0.5, 0.6) is 0 Å². The zero-order valence-electron chi connectivity index (χ0n) is 11.4. The monoisotopic (exact) mass is 273 g/mol. The highest BCUT2D eigenvalue weighted by Crippen LogP contribution is 2.00. The molecular weight excluding hydrogens is 250 g/mol. The normalized spacial score (nSPS) is 12.2. The molecular formula is C12H23N3O2S. The number of nitrogens with zero attached hydrogens (tertiary/aromatic N) is 2. The molecule has 0 unspecified atom stereocenters. The van der Waals surface area contributed by atoms with Gasteiger partial charge in [0.2, 0.25) is 0 Å². The van der Waals surface area contributed by atoms with Gasteiger partial charge in [-0.25, -0.2) is 13.4 Å². The quantitative estimate of drug-likeness (QED) is 0.773. The van der Waals surface area contributed by atoms with Crippen LogP contribution in [0.1, 0.15) is 32.9 Å².